The molecule has 0 bridgehead atoms. The van der Waals surface area contributed by atoms with Crippen LogP contribution in [-0.2, 0) is 16.0 Å². The van der Waals surface area contributed by atoms with Gasteiger partial charge in [0.2, 0.25) is 5.91 Å². The van der Waals surface area contributed by atoms with Crippen LogP contribution in [0.3, 0.4) is 0 Å². The molecule has 0 fully saturated rings. The summed E-state index contributed by atoms with van der Waals surface area (Å²) in [6.07, 6.45) is 0.284. The topological polar surface area (TPSA) is 111 Å². The van der Waals surface area contributed by atoms with Crippen molar-refractivity contribution < 1.29 is 19.1 Å². The lowest BCUT2D eigenvalue weighted by Crippen LogP contribution is -2.47. The van der Waals surface area contributed by atoms with Gasteiger partial charge in [-0.25, -0.2) is 9.59 Å². The van der Waals surface area contributed by atoms with Crippen molar-refractivity contribution in [1.82, 2.24) is 5.32 Å². The summed E-state index contributed by atoms with van der Waals surface area (Å²) in [7, 11) is 1.28. The average molecular weight is 341 g/mol. The van der Waals surface area contributed by atoms with Gasteiger partial charge in [-0.05, 0) is 23.8 Å². The fraction of sp³-hybridized carbons (Fsp3) is 0.167. The van der Waals surface area contributed by atoms with Crippen LogP contribution in [0, 0.1) is 0 Å². The minimum atomic E-state index is -0.846. The molecule has 0 aromatic heterocycles. The molecule has 0 aliphatic carbocycles. The van der Waals surface area contributed by atoms with Crippen molar-refractivity contribution in [2.75, 3.05) is 12.4 Å². The van der Waals surface area contributed by atoms with E-state index in [2.05, 4.69) is 15.4 Å². The van der Waals surface area contributed by atoms with E-state index in [1.807, 2.05) is 30.3 Å². The quantitative estimate of drug-likeness (QED) is 0.694. The van der Waals surface area contributed by atoms with Crippen LogP contribution in [0.15, 0.2) is 54.6 Å². The Labute approximate surface area is 145 Å². The lowest BCUT2D eigenvalue weighted by atomic mass is 10.1. The predicted molar refractivity (Wildman–Crippen MR) is 93.1 cm³/mol. The number of primary amides is 1. The first-order chi connectivity index (χ1) is 12.0. The van der Waals surface area contributed by atoms with E-state index in [1.54, 1.807) is 18.2 Å². The van der Waals surface area contributed by atoms with Crippen LogP contribution in [-0.4, -0.2) is 31.1 Å². The summed E-state index contributed by atoms with van der Waals surface area (Å²) in [5, 5.41) is 5.10. The second-order valence-electron chi connectivity index (χ2n) is 5.31. The molecular formula is C18H19N3O4. The molecular weight excluding hydrogens is 322 g/mol. The van der Waals surface area contributed by atoms with E-state index in [4.69, 9.17) is 5.73 Å². The number of amides is 3. The molecule has 7 heteroatoms. The number of rotatable bonds is 6. The summed E-state index contributed by atoms with van der Waals surface area (Å²) in [6, 6.07) is 13.9. The van der Waals surface area contributed by atoms with Crippen LogP contribution in [0.5, 0.6) is 0 Å². The minimum absolute atomic E-state index is 0.284. The summed E-state index contributed by atoms with van der Waals surface area (Å²) < 4.78 is 4.65. The number of urea groups is 1. The second-order valence-corrected chi connectivity index (χ2v) is 5.31. The number of ether oxygens (including phenoxy) is 1. The van der Waals surface area contributed by atoms with Crippen molar-refractivity contribution >= 4 is 23.6 Å². The van der Waals surface area contributed by atoms with E-state index in [-0.39, 0.29) is 6.42 Å². The molecule has 2 aromatic rings. The summed E-state index contributed by atoms with van der Waals surface area (Å²) in [4.78, 5) is 35.3. The lowest BCUT2D eigenvalue weighted by Gasteiger charge is -2.17. The first-order valence-corrected chi connectivity index (χ1v) is 7.58. The third-order valence-corrected chi connectivity index (χ3v) is 3.47. The highest BCUT2D eigenvalue weighted by Gasteiger charge is 2.20. The Hall–Kier alpha value is -3.35. The number of nitrogens with two attached hydrogens (primary N) is 1. The van der Waals surface area contributed by atoms with E-state index in [9.17, 15) is 14.4 Å². The monoisotopic (exact) mass is 341 g/mol. The van der Waals surface area contributed by atoms with Crippen LogP contribution < -0.4 is 16.4 Å². The van der Waals surface area contributed by atoms with E-state index in [1.165, 1.54) is 13.2 Å². The number of nitrogens with one attached hydrogen (secondary N) is 2. The molecule has 1 atom stereocenters. The maximum atomic E-state index is 12.5. The van der Waals surface area contributed by atoms with Crippen molar-refractivity contribution in [2.45, 2.75) is 12.5 Å². The lowest BCUT2D eigenvalue weighted by molar-refractivity contribution is -0.117. The maximum absolute atomic E-state index is 12.5. The third kappa shape index (κ3) is 5.35. The van der Waals surface area contributed by atoms with E-state index < -0.39 is 23.9 Å². The van der Waals surface area contributed by atoms with Gasteiger partial charge in [0.1, 0.15) is 6.04 Å². The van der Waals surface area contributed by atoms with Gasteiger partial charge in [-0.1, -0.05) is 36.4 Å². The van der Waals surface area contributed by atoms with E-state index >= 15 is 0 Å². The van der Waals surface area contributed by atoms with E-state index in [0.717, 1.165) is 5.56 Å². The molecule has 0 heterocycles. The number of hydrogen-bond donors (Lipinski definition) is 3. The summed E-state index contributed by atoms with van der Waals surface area (Å²) in [6.45, 7) is 0. The Kier molecular flexibility index (Phi) is 6.11. The number of anilines is 1. The molecule has 0 spiro atoms. The standard InChI is InChI=1S/C18H19N3O4/c1-25-17(23)13-8-5-9-14(11-13)20-16(22)15(21-18(19)24)10-12-6-3-2-4-7-12/h2-9,11,15H,10H2,1H3,(H,20,22)(H3,19,21,24). The Morgan fingerprint density at radius 2 is 1.80 bits per heavy atom. The van der Waals surface area contributed by atoms with Gasteiger partial charge in [-0.2, -0.15) is 0 Å². The van der Waals surface area contributed by atoms with Crippen molar-refractivity contribution in [3.8, 4) is 0 Å². The fourth-order valence-electron chi connectivity index (χ4n) is 2.30. The highest BCUT2D eigenvalue weighted by molar-refractivity contribution is 5.98. The number of esters is 1. The Morgan fingerprint density at radius 3 is 2.44 bits per heavy atom. The van der Waals surface area contributed by atoms with Gasteiger partial charge in [-0.15, -0.1) is 0 Å². The van der Waals surface area contributed by atoms with Gasteiger partial charge >= 0.3 is 12.0 Å². The molecule has 130 valence electrons. The van der Waals surface area contributed by atoms with Gasteiger partial charge in [-0.3, -0.25) is 4.79 Å². The molecule has 25 heavy (non-hydrogen) atoms. The van der Waals surface area contributed by atoms with Crippen molar-refractivity contribution in [3.05, 3.63) is 65.7 Å². The Morgan fingerprint density at radius 1 is 1.08 bits per heavy atom. The van der Waals surface area contributed by atoms with Crippen molar-refractivity contribution in [1.29, 1.82) is 0 Å². The first kappa shape index (κ1) is 18.0. The van der Waals surface area contributed by atoms with Crippen molar-refractivity contribution in [2.24, 2.45) is 5.73 Å². The predicted octanol–water partition coefficient (Wildman–Crippen LogP) is 1.69. The number of carbonyl (C=O) groups excluding carboxylic acids is 3. The van der Waals surface area contributed by atoms with Crippen LogP contribution in [0.4, 0.5) is 10.5 Å². The molecule has 4 N–H and O–H groups in total. The second kappa shape index (κ2) is 8.49. The molecule has 0 saturated carbocycles. The zero-order valence-electron chi connectivity index (χ0n) is 13.7. The first-order valence-electron chi connectivity index (χ1n) is 7.58. The van der Waals surface area contributed by atoms with Gasteiger partial charge < -0.3 is 21.1 Å². The molecule has 0 saturated heterocycles. The molecule has 1 unspecified atom stereocenters. The molecule has 7 nitrogen and oxygen atoms in total. The molecule has 0 radical (unpaired) electrons. The number of benzene rings is 2. The molecule has 3 amide bonds. The largest absolute Gasteiger partial charge is 0.465 e. The zero-order valence-corrected chi connectivity index (χ0v) is 13.7. The molecule has 2 rings (SSSR count). The number of methoxy groups -OCH3 is 1. The highest BCUT2D eigenvalue weighted by Crippen LogP contribution is 2.13. The van der Waals surface area contributed by atoms with Gasteiger partial charge in [0.15, 0.2) is 0 Å². The zero-order chi connectivity index (χ0) is 18.2. The van der Waals surface area contributed by atoms with Crippen LogP contribution in [0.1, 0.15) is 15.9 Å². The SMILES string of the molecule is COC(=O)c1cccc(NC(=O)C(Cc2ccccc2)NC(N)=O)c1. The van der Waals surface area contributed by atoms with Crippen LogP contribution in [0.2, 0.25) is 0 Å². The highest BCUT2D eigenvalue weighted by atomic mass is 16.5. The molecule has 2 aromatic carbocycles. The third-order valence-electron chi connectivity index (χ3n) is 3.47. The van der Waals surface area contributed by atoms with Gasteiger partial charge in [0, 0.05) is 12.1 Å². The normalized spacial score (nSPS) is 11.2. The van der Waals surface area contributed by atoms with Crippen LogP contribution in [0.25, 0.3) is 0 Å². The van der Waals surface area contributed by atoms with Gasteiger partial charge in [0.05, 0.1) is 12.7 Å². The smallest absolute Gasteiger partial charge is 0.337 e. The van der Waals surface area contributed by atoms with Gasteiger partial charge in [0.25, 0.3) is 0 Å². The fourth-order valence-corrected chi connectivity index (χ4v) is 2.30. The Balaban J connectivity index is 2.13. The molecule has 0 aliphatic heterocycles. The maximum Gasteiger partial charge on any atom is 0.337 e. The minimum Gasteiger partial charge on any atom is -0.465 e. The number of carbonyl (C=O) groups is 3. The van der Waals surface area contributed by atoms with Crippen molar-refractivity contribution in [3.63, 3.8) is 0 Å². The molecule has 0 aliphatic rings. The Bertz CT molecular complexity index is 762. The summed E-state index contributed by atoms with van der Waals surface area (Å²) >= 11 is 0. The van der Waals surface area contributed by atoms with Crippen LogP contribution >= 0.6 is 0 Å². The summed E-state index contributed by atoms with van der Waals surface area (Å²) in [5.41, 5.74) is 6.77. The van der Waals surface area contributed by atoms with E-state index in [0.29, 0.717) is 11.3 Å². The summed E-state index contributed by atoms with van der Waals surface area (Å²) in [5.74, 6) is -0.947. The average Bonchev–Trinajstić information content (AvgIpc) is 2.61. The number of hydrogen-bond acceptors (Lipinski definition) is 4.